The predicted octanol–water partition coefficient (Wildman–Crippen LogP) is 2.73. The molecule has 2 aromatic carbocycles. The van der Waals surface area contributed by atoms with Crippen LogP contribution in [0.3, 0.4) is 0 Å². The number of benzene rings is 2. The summed E-state index contributed by atoms with van der Waals surface area (Å²) >= 11 is 0. The second kappa shape index (κ2) is 9.79. The summed E-state index contributed by atoms with van der Waals surface area (Å²) in [5.74, 6) is -0.401. The lowest BCUT2D eigenvalue weighted by Gasteiger charge is -2.01. The van der Waals surface area contributed by atoms with Crippen LogP contribution in [0.4, 0.5) is 0 Å². The lowest BCUT2D eigenvalue weighted by molar-refractivity contribution is -0.117. The topological polar surface area (TPSA) is 58.2 Å². The molecule has 0 atom stereocenters. The smallest absolute Gasteiger partial charge is 0.244 e. The summed E-state index contributed by atoms with van der Waals surface area (Å²) in [5.41, 5.74) is 2.07. The Hall–Kier alpha value is -3.14. The Morgan fingerprint density at radius 1 is 0.667 bits per heavy atom. The van der Waals surface area contributed by atoms with Crippen LogP contribution in [0, 0.1) is 0 Å². The molecule has 2 aromatic rings. The summed E-state index contributed by atoms with van der Waals surface area (Å²) in [6, 6.07) is 19.3. The maximum atomic E-state index is 11.6. The highest BCUT2D eigenvalue weighted by molar-refractivity contribution is 5.89. The molecule has 0 aliphatic carbocycles. The molecular formula is C20H20N2O2. The second-order valence-electron chi connectivity index (χ2n) is 5.13. The SMILES string of the molecule is O=C(/C=C/C=C/C(=O)NCc1ccccc1)NCc1ccccc1. The normalized spacial score (nSPS) is 10.8. The highest BCUT2D eigenvalue weighted by atomic mass is 16.2. The van der Waals surface area contributed by atoms with E-state index in [4.69, 9.17) is 0 Å². The Bertz CT molecular complexity index is 643. The highest BCUT2D eigenvalue weighted by Gasteiger charge is 1.96. The minimum Gasteiger partial charge on any atom is -0.348 e. The molecule has 0 spiro atoms. The number of carbonyl (C=O) groups is 2. The van der Waals surface area contributed by atoms with Gasteiger partial charge in [-0.15, -0.1) is 0 Å². The fraction of sp³-hybridized carbons (Fsp3) is 0.100. The van der Waals surface area contributed by atoms with Crippen molar-refractivity contribution in [2.75, 3.05) is 0 Å². The fourth-order valence-corrected chi connectivity index (χ4v) is 1.97. The molecule has 4 heteroatoms. The highest BCUT2D eigenvalue weighted by Crippen LogP contribution is 1.98. The van der Waals surface area contributed by atoms with E-state index in [2.05, 4.69) is 10.6 Å². The molecule has 0 heterocycles. The van der Waals surface area contributed by atoms with Crippen molar-refractivity contribution in [2.24, 2.45) is 0 Å². The molecule has 0 fully saturated rings. The van der Waals surface area contributed by atoms with Gasteiger partial charge in [0.1, 0.15) is 0 Å². The van der Waals surface area contributed by atoms with Crippen LogP contribution in [0.2, 0.25) is 0 Å². The van der Waals surface area contributed by atoms with Crippen molar-refractivity contribution >= 4 is 11.8 Å². The Labute approximate surface area is 141 Å². The lowest BCUT2D eigenvalue weighted by atomic mass is 10.2. The maximum absolute atomic E-state index is 11.6. The molecule has 0 aromatic heterocycles. The number of hydrogen-bond acceptors (Lipinski definition) is 2. The Kier molecular flexibility index (Phi) is 7.02. The lowest BCUT2D eigenvalue weighted by Crippen LogP contribution is -2.20. The second-order valence-corrected chi connectivity index (χ2v) is 5.13. The van der Waals surface area contributed by atoms with Gasteiger partial charge in [-0.2, -0.15) is 0 Å². The van der Waals surface area contributed by atoms with E-state index in [1.807, 2.05) is 60.7 Å². The van der Waals surface area contributed by atoms with Crippen molar-refractivity contribution in [1.29, 1.82) is 0 Å². The van der Waals surface area contributed by atoms with E-state index in [1.54, 1.807) is 12.2 Å². The standard InChI is InChI=1S/C20H20N2O2/c23-19(21-15-17-9-3-1-4-10-17)13-7-8-14-20(24)22-16-18-11-5-2-6-12-18/h1-14H,15-16H2,(H,21,23)(H,22,24)/b13-7+,14-8+. The van der Waals surface area contributed by atoms with Crippen LogP contribution in [-0.2, 0) is 22.7 Å². The zero-order valence-corrected chi connectivity index (χ0v) is 13.3. The average Bonchev–Trinajstić information content (AvgIpc) is 2.63. The zero-order valence-electron chi connectivity index (χ0n) is 13.3. The molecule has 0 bridgehead atoms. The number of rotatable bonds is 7. The van der Waals surface area contributed by atoms with Gasteiger partial charge in [0, 0.05) is 25.2 Å². The molecule has 0 aliphatic rings. The summed E-state index contributed by atoms with van der Waals surface area (Å²) < 4.78 is 0. The molecule has 2 amide bonds. The third-order valence-corrected chi connectivity index (χ3v) is 3.23. The summed E-state index contributed by atoms with van der Waals surface area (Å²) in [6.45, 7) is 0.955. The van der Waals surface area contributed by atoms with Crippen molar-refractivity contribution in [3.8, 4) is 0 Å². The number of amides is 2. The number of hydrogen-bond donors (Lipinski definition) is 2. The molecule has 4 nitrogen and oxygen atoms in total. The van der Waals surface area contributed by atoms with Crippen LogP contribution in [0.15, 0.2) is 85.0 Å². The van der Waals surface area contributed by atoms with Crippen LogP contribution in [0.1, 0.15) is 11.1 Å². The zero-order chi connectivity index (χ0) is 17.0. The first-order valence-electron chi connectivity index (χ1n) is 7.72. The van der Waals surface area contributed by atoms with E-state index >= 15 is 0 Å². The largest absolute Gasteiger partial charge is 0.348 e. The summed E-state index contributed by atoms with van der Waals surface area (Å²) in [7, 11) is 0. The summed E-state index contributed by atoms with van der Waals surface area (Å²) in [4.78, 5) is 23.3. The number of allylic oxidation sites excluding steroid dienone is 2. The summed E-state index contributed by atoms with van der Waals surface area (Å²) in [6.07, 6.45) is 5.87. The Morgan fingerprint density at radius 3 is 1.42 bits per heavy atom. The Balaban J connectivity index is 1.67. The maximum Gasteiger partial charge on any atom is 0.244 e. The van der Waals surface area contributed by atoms with Crippen molar-refractivity contribution in [3.63, 3.8) is 0 Å². The van der Waals surface area contributed by atoms with Gasteiger partial charge in [-0.05, 0) is 11.1 Å². The van der Waals surface area contributed by atoms with Gasteiger partial charge < -0.3 is 10.6 Å². The first kappa shape index (κ1) is 17.2. The third kappa shape index (κ3) is 6.75. The van der Waals surface area contributed by atoms with Gasteiger partial charge in [0.15, 0.2) is 0 Å². The molecule has 2 N–H and O–H groups in total. The van der Waals surface area contributed by atoms with E-state index in [0.29, 0.717) is 13.1 Å². The van der Waals surface area contributed by atoms with Gasteiger partial charge >= 0.3 is 0 Å². The van der Waals surface area contributed by atoms with Crippen molar-refractivity contribution < 1.29 is 9.59 Å². The van der Waals surface area contributed by atoms with Crippen LogP contribution in [0.5, 0.6) is 0 Å². The third-order valence-electron chi connectivity index (χ3n) is 3.23. The van der Waals surface area contributed by atoms with Gasteiger partial charge in [0.2, 0.25) is 11.8 Å². The average molecular weight is 320 g/mol. The van der Waals surface area contributed by atoms with Gasteiger partial charge in [-0.1, -0.05) is 72.8 Å². The minimum atomic E-state index is -0.201. The molecule has 0 radical (unpaired) electrons. The molecule has 0 unspecified atom stereocenters. The number of carbonyl (C=O) groups excluding carboxylic acids is 2. The van der Waals surface area contributed by atoms with Crippen LogP contribution in [0.25, 0.3) is 0 Å². The minimum absolute atomic E-state index is 0.201. The van der Waals surface area contributed by atoms with E-state index < -0.39 is 0 Å². The van der Waals surface area contributed by atoms with E-state index in [0.717, 1.165) is 11.1 Å². The van der Waals surface area contributed by atoms with Gasteiger partial charge in [-0.25, -0.2) is 0 Å². The first-order chi connectivity index (χ1) is 11.7. The van der Waals surface area contributed by atoms with Gasteiger partial charge in [0.05, 0.1) is 0 Å². The van der Waals surface area contributed by atoms with Crippen LogP contribution < -0.4 is 10.6 Å². The van der Waals surface area contributed by atoms with E-state index in [1.165, 1.54) is 12.2 Å². The molecule has 24 heavy (non-hydrogen) atoms. The molecule has 0 saturated heterocycles. The van der Waals surface area contributed by atoms with Crippen molar-refractivity contribution in [3.05, 3.63) is 96.1 Å². The predicted molar refractivity (Wildman–Crippen MR) is 94.9 cm³/mol. The quantitative estimate of drug-likeness (QED) is 0.609. The molecule has 0 aliphatic heterocycles. The van der Waals surface area contributed by atoms with Gasteiger partial charge in [0.25, 0.3) is 0 Å². The first-order valence-corrected chi connectivity index (χ1v) is 7.72. The van der Waals surface area contributed by atoms with Crippen LogP contribution >= 0.6 is 0 Å². The molecule has 122 valence electrons. The van der Waals surface area contributed by atoms with E-state index in [-0.39, 0.29) is 11.8 Å². The van der Waals surface area contributed by atoms with Crippen molar-refractivity contribution in [2.45, 2.75) is 13.1 Å². The number of nitrogens with one attached hydrogen (secondary N) is 2. The Morgan fingerprint density at radius 2 is 1.04 bits per heavy atom. The fourth-order valence-electron chi connectivity index (χ4n) is 1.97. The summed E-state index contributed by atoms with van der Waals surface area (Å²) in [5, 5.41) is 5.55. The van der Waals surface area contributed by atoms with Crippen LogP contribution in [-0.4, -0.2) is 11.8 Å². The van der Waals surface area contributed by atoms with E-state index in [9.17, 15) is 9.59 Å². The molecular weight excluding hydrogens is 300 g/mol. The molecule has 0 saturated carbocycles. The van der Waals surface area contributed by atoms with Crippen molar-refractivity contribution in [1.82, 2.24) is 10.6 Å². The molecule has 2 rings (SSSR count). The monoisotopic (exact) mass is 320 g/mol. The van der Waals surface area contributed by atoms with Gasteiger partial charge in [-0.3, -0.25) is 9.59 Å².